The van der Waals surface area contributed by atoms with E-state index in [9.17, 15) is 8.78 Å². The summed E-state index contributed by atoms with van der Waals surface area (Å²) in [6, 6.07) is 4.48. The SMILES string of the molecule is CC(C)(C)C(CNC1CC1)Cc1cc(F)cc(F)c1. The van der Waals surface area contributed by atoms with E-state index < -0.39 is 11.6 Å². The van der Waals surface area contributed by atoms with Gasteiger partial charge in [-0.25, -0.2) is 8.78 Å². The number of hydrogen-bond donors (Lipinski definition) is 1. The molecule has 1 fully saturated rings. The molecule has 19 heavy (non-hydrogen) atoms. The van der Waals surface area contributed by atoms with Crippen LogP contribution in [0.2, 0.25) is 0 Å². The Labute approximate surface area is 114 Å². The fraction of sp³-hybridized carbons (Fsp3) is 0.625. The quantitative estimate of drug-likeness (QED) is 0.852. The monoisotopic (exact) mass is 267 g/mol. The molecule has 0 saturated heterocycles. The van der Waals surface area contributed by atoms with E-state index in [1.54, 1.807) is 0 Å². The Hall–Kier alpha value is -0.960. The highest BCUT2D eigenvalue weighted by Gasteiger charge is 2.28. The first-order chi connectivity index (χ1) is 8.84. The van der Waals surface area contributed by atoms with Crippen LogP contribution >= 0.6 is 0 Å². The van der Waals surface area contributed by atoms with Crippen LogP contribution in [0, 0.1) is 23.0 Å². The fourth-order valence-corrected chi connectivity index (χ4v) is 2.29. The molecule has 1 aliphatic carbocycles. The summed E-state index contributed by atoms with van der Waals surface area (Å²) in [4.78, 5) is 0. The highest BCUT2D eigenvalue weighted by molar-refractivity contribution is 5.19. The van der Waals surface area contributed by atoms with E-state index in [0.29, 0.717) is 18.4 Å². The maximum atomic E-state index is 13.2. The summed E-state index contributed by atoms with van der Waals surface area (Å²) < 4.78 is 26.5. The molecule has 3 heteroatoms. The Morgan fingerprint density at radius 1 is 1.16 bits per heavy atom. The third-order valence-corrected chi connectivity index (χ3v) is 3.86. The Balaban J connectivity index is 2.04. The van der Waals surface area contributed by atoms with Gasteiger partial charge in [0.2, 0.25) is 0 Å². The van der Waals surface area contributed by atoms with Gasteiger partial charge in [-0.15, -0.1) is 0 Å². The van der Waals surface area contributed by atoms with E-state index in [4.69, 9.17) is 0 Å². The molecule has 0 aliphatic heterocycles. The lowest BCUT2D eigenvalue weighted by Crippen LogP contribution is -2.34. The number of nitrogens with one attached hydrogen (secondary N) is 1. The molecule has 1 aromatic rings. The van der Waals surface area contributed by atoms with Crippen molar-refractivity contribution in [3.63, 3.8) is 0 Å². The van der Waals surface area contributed by atoms with E-state index in [1.807, 2.05) is 0 Å². The molecule has 0 radical (unpaired) electrons. The van der Waals surface area contributed by atoms with Gasteiger partial charge in [0.25, 0.3) is 0 Å². The maximum Gasteiger partial charge on any atom is 0.126 e. The molecule has 0 spiro atoms. The third kappa shape index (κ3) is 4.57. The van der Waals surface area contributed by atoms with Crippen LogP contribution in [-0.4, -0.2) is 12.6 Å². The zero-order valence-corrected chi connectivity index (χ0v) is 12.0. The highest BCUT2D eigenvalue weighted by atomic mass is 19.1. The predicted molar refractivity (Wildman–Crippen MR) is 74.0 cm³/mol. The molecule has 1 nitrogen and oxygen atoms in total. The molecular weight excluding hydrogens is 244 g/mol. The van der Waals surface area contributed by atoms with Gasteiger partial charge in [-0.05, 0) is 54.8 Å². The van der Waals surface area contributed by atoms with Gasteiger partial charge in [-0.1, -0.05) is 20.8 Å². The molecule has 1 N–H and O–H groups in total. The van der Waals surface area contributed by atoms with Crippen molar-refractivity contribution in [2.24, 2.45) is 11.3 Å². The van der Waals surface area contributed by atoms with Crippen molar-refractivity contribution in [2.45, 2.75) is 46.1 Å². The van der Waals surface area contributed by atoms with E-state index in [1.165, 1.54) is 25.0 Å². The molecule has 0 heterocycles. The first kappa shape index (κ1) is 14.4. The summed E-state index contributed by atoms with van der Waals surface area (Å²) in [6.45, 7) is 7.46. The minimum atomic E-state index is -0.488. The van der Waals surface area contributed by atoms with Gasteiger partial charge in [0.15, 0.2) is 0 Å². The summed E-state index contributed by atoms with van der Waals surface area (Å²) in [5, 5.41) is 3.53. The Morgan fingerprint density at radius 3 is 2.21 bits per heavy atom. The van der Waals surface area contributed by atoms with Crippen LogP contribution in [0.15, 0.2) is 18.2 Å². The van der Waals surface area contributed by atoms with Crippen molar-refractivity contribution in [3.05, 3.63) is 35.4 Å². The second-order valence-electron chi connectivity index (χ2n) is 6.73. The second-order valence-corrected chi connectivity index (χ2v) is 6.73. The summed E-state index contributed by atoms with van der Waals surface area (Å²) in [5.41, 5.74) is 0.861. The molecule has 1 atom stereocenters. The average molecular weight is 267 g/mol. The van der Waals surface area contributed by atoms with Crippen molar-refractivity contribution in [1.82, 2.24) is 5.32 Å². The van der Waals surface area contributed by atoms with Gasteiger partial charge < -0.3 is 5.32 Å². The Morgan fingerprint density at radius 2 is 1.74 bits per heavy atom. The van der Waals surface area contributed by atoms with Crippen LogP contribution in [-0.2, 0) is 6.42 Å². The maximum absolute atomic E-state index is 13.2. The lowest BCUT2D eigenvalue weighted by Gasteiger charge is -2.31. The molecule has 1 saturated carbocycles. The summed E-state index contributed by atoms with van der Waals surface area (Å²) in [6.07, 6.45) is 3.22. The molecule has 0 aromatic heterocycles. The van der Waals surface area contributed by atoms with Crippen LogP contribution < -0.4 is 5.32 Å². The van der Waals surface area contributed by atoms with Crippen LogP contribution in [0.4, 0.5) is 8.78 Å². The van der Waals surface area contributed by atoms with Gasteiger partial charge in [0.1, 0.15) is 11.6 Å². The van der Waals surface area contributed by atoms with Crippen LogP contribution in [0.25, 0.3) is 0 Å². The first-order valence-electron chi connectivity index (χ1n) is 7.03. The van der Waals surface area contributed by atoms with Gasteiger partial charge in [-0.2, -0.15) is 0 Å². The smallest absolute Gasteiger partial charge is 0.126 e. The van der Waals surface area contributed by atoms with Crippen molar-refractivity contribution in [3.8, 4) is 0 Å². The standard InChI is InChI=1S/C16H23F2N/c1-16(2,3)12(10-19-15-4-5-15)6-11-7-13(17)9-14(18)8-11/h7-9,12,15,19H,4-6,10H2,1-3H3. The van der Waals surface area contributed by atoms with Crippen LogP contribution in [0.5, 0.6) is 0 Å². The highest BCUT2D eigenvalue weighted by Crippen LogP contribution is 2.30. The largest absolute Gasteiger partial charge is 0.314 e. The number of benzene rings is 1. The molecule has 0 bridgehead atoms. The first-order valence-corrected chi connectivity index (χ1v) is 7.03. The minimum Gasteiger partial charge on any atom is -0.314 e. The molecule has 1 aliphatic rings. The number of rotatable bonds is 5. The Bertz CT molecular complexity index is 413. The van der Waals surface area contributed by atoms with Gasteiger partial charge in [-0.3, -0.25) is 0 Å². The molecular formula is C16H23F2N. The lowest BCUT2D eigenvalue weighted by atomic mass is 9.77. The van der Waals surface area contributed by atoms with E-state index in [0.717, 1.165) is 18.2 Å². The lowest BCUT2D eigenvalue weighted by molar-refractivity contribution is 0.230. The second kappa shape index (κ2) is 5.58. The normalized spacial score (nSPS) is 17.5. The number of hydrogen-bond acceptors (Lipinski definition) is 1. The van der Waals surface area contributed by atoms with Crippen molar-refractivity contribution in [1.29, 1.82) is 0 Å². The van der Waals surface area contributed by atoms with Gasteiger partial charge in [0.05, 0.1) is 0 Å². The summed E-state index contributed by atoms with van der Waals surface area (Å²) in [7, 11) is 0. The fourth-order valence-electron chi connectivity index (χ4n) is 2.29. The van der Waals surface area contributed by atoms with Crippen LogP contribution in [0.3, 0.4) is 0 Å². The van der Waals surface area contributed by atoms with Crippen LogP contribution in [0.1, 0.15) is 39.2 Å². The zero-order valence-electron chi connectivity index (χ0n) is 12.0. The molecule has 106 valence electrons. The van der Waals surface area contributed by atoms with Crippen molar-refractivity contribution in [2.75, 3.05) is 6.54 Å². The predicted octanol–water partition coefficient (Wildman–Crippen LogP) is 3.92. The summed E-state index contributed by atoms with van der Waals surface area (Å²) in [5.74, 6) is -0.607. The topological polar surface area (TPSA) is 12.0 Å². The van der Waals surface area contributed by atoms with E-state index >= 15 is 0 Å². The average Bonchev–Trinajstić information content (AvgIpc) is 3.04. The third-order valence-electron chi connectivity index (χ3n) is 3.86. The van der Waals surface area contributed by atoms with Crippen molar-refractivity contribution < 1.29 is 8.78 Å². The number of halogens is 2. The van der Waals surface area contributed by atoms with Gasteiger partial charge >= 0.3 is 0 Å². The van der Waals surface area contributed by atoms with E-state index in [-0.39, 0.29) is 5.41 Å². The summed E-state index contributed by atoms with van der Waals surface area (Å²) >= 11 is 0. The van der Waals surface area contributed by atoms with Gasteiger partial charge in [0, 0.05) is 12.1 Å². The zero-order chi connectivity index (χ0) is 14.0. The Kier molecular flexibility index (Phi) is 4.24. The molecule has 1 unspecified atom stereocenters. The molecule has 0 amide bonds. The molecule has 1 aromatic carbocycles. The van der Waals surface area contributed by atoms with E-state index in [2.05, 4.69) is 26.1 Å². The molecule has 2 rings (SSSR count). The minimum absolute atomic E-state index is 0.116. The van der Waals surface area contributed by atoms with Crippen molar-refractivity contribution >= 4 is 0 Å².